The Balaban J connectivity index is 1.88. The molecule has 0 unspecified atom stereocenters. The summed E-state index contributed by atoms with van der Waals surface area (Å²) < 4.78 is 13.9. The van der Waals surface area contributed by atoms with Gasteiger partial charge in [-0.3, -0.25) is 19.2 Å². The van der Waals surface area contributed by atoms with Crippen molar-refractivity contribution in [3.8, 4) is 0 Å². The Morgan fingerprint density at radius 3 is 1.17 bits per heavy atom. The SMILES string of the molecule is CC(=O)NCc1c(I)c(NC(=O)CCOCCOCCC(=O)Nc2c(I)c(CNC(C)=O)c(I)c(C(=O)O)c2I)c(I)c(C(=O)O)c1I. The molecule has 0 aliphatic carbocycles. The number of hydrogen-bond donors (Lipinski definition) is 6. The molecule has 0 aliphatic rings. The number of anilines is 2. The van der Waals surface area contributed by atoms with Crippen molar-refractivity contribution in [3.63, 3.8) is 0 Å². The standard InChI is InChI=1S/C28H28I6N4O10/c1-11(39)35-9-13-19(29)17(27(43)44)23(33)25(21(13)31)37-15(41)3-5-47-7-8-48-6-4-16(42)38-26-22(32)14(10-36-12(2)40)20(30)18(24(26)34)28(45)46/h3-10H2,1-2H3,(H,35,39)(H,36,40)(H,37,41)(H,38,42)(H,43,44)(H,45,46). The largest absolute Gasteiger partial charge is 0.478 e. The fourth-order valence-electron chi connectivity index (χ4n) is 3.82. The topological polar surface area (TPSA) is 209 Å². The molecule has 0 spiro atoms. The lowest BCUT2D eigenvalue weighted by atomic mass is 10.1. The molecule has 14 nitrogen and oxygen atoms in total. The Morgan fingerprint density at radius 1 is 0.542 bits per heavy atom. The van der Waals surface area contributed by atoms with Crippen molar-refractivity contribution in [2.45, 2.75) is 39.8 Å². The highest BCUT2D eigenvalue weighted by atomic mass is 127. The van der Waals surface area contributed by atoms with E-state index in [2.05, 4.69) is 21.3 Å². The van der Waals surface area contributed by atoms with E-state index in [1.54, 1.807) is 0 Å². The minimum absolute atomic E-state index is 0.0144. The molecule has 48 heavy (non-hydrogen) atoms. The molecular weight excluding hydrogens is 1310 g/mol. The van der Waals surface area contributed by atoms with Gasteiger partial charge in [0.15, 0.2) is 0 Å². The fraction of sp³-hybridized carbons (Fsp3) is 0.357. The zero-order chi connectivity index (χ0) is 36.3. The third-order valence-electron chi connectivity index (χ3n) is 6.12. The van der Waals surface area contributed by atoms with Crippen LogP contribution in [-0.2, 0) is 41.7 Å². The molecule has 6 N–H and O–H groups in total. The van der Waals surface area contributed by atoms with Gasteiger partial charge in [-0.2, -0.15) is 0 Å². The molecule has 0 atom stereocenters. The first-order valence-electron chi connectivity index (χ1n) is 13.6. The van der Waals surface area contributed by atoms with Crippen LogP contribution in [0.4, 0.5) is 11.4 Å². The monoisotopic (exact) mass is 1340 g/mol. The summed E-state index contributed by atoms with van der Waals surface area (Å²) in [6, 6.07) is 0. The van der Waals surface area contributed by atoms with E-state index in [1.165, 1.54) is 13.8 Å². The minimum atomic E-state index is -1.15. The van der Waals surface area contributed by atoms with E-state index in [4.69, 9.17) is 9.47 Å². The fourth-order valence-corrected chi connectivity index (χ4v) is 12.4. The molecule has 0 fully saturated rings. The molecule has 0 radical (unpaired) electrons. The number of carbonyl (C=O) groups excluding carboxylic acids is 4. The van der Waals surface area contributed by atoms with Gasteiger partial charge in [0, 0.05) is 52.3 Å². The Kier molecular flexibility index (Phi) is 19.3. The van der Waals surface area contributed by atoms with Crippen LogP contribution in [0, 0.1) is 21.4 Å². The molecular formula is C28H28I6N4O10. The molecule has 20 heteroatoms. The molecule has 2 aromatic rings. The van der Waals surface area contributed by atoms with Crippen molar-refractivity contribution in [3.05, 3.63) is 43.7 Å². The van der Waals surface area contributed by atoms with Crippen LogP contribution in [0.5, 0.6) is 0 Å². The van der Waals surface area contributed by atoms with Gasteiger partial charge in [-0.25, -0.2) is 9.59 Å². The lowest BCUT2D eigenvalue weighted by molar-refractivity contribution is -0.120. The van der Waals surface area contributed by atoms with Crippen molar-refractivity contribution in [2.24, 2.45) is 0 Å². The quantitative estimate of drug-likeness (QED) is 0.0882. The van der Waals surface area contributed by atoms with Gasteiger partial charge >= 0.3 is 11.9 Å². The first-order chi connectivity index (χ1) is 22.5. The smallest absolute Gasteiger partial charge is 0.337 e. The summed E-state index contributed by atoms with van der Waals surface area (Å²) in [7, 11) is 0. The molecule has 0 bridgehead atoms. The maximum Gasteiger partial charge on any atom is 0.337 e. The van der Waals surface area contributed by atoms with Gasteiger partial charge in [0.05, 0.1) is 68.9 Å². The molecule has 2 rings (SSSR count). The van der Waals surface area contributed by atoms with E-state index in [0.29, 0.717) is 43.9 Å². The molecule has 0 saturated carbocycles. The van der Waals surface area contributed by atoms with Gasteiger partial charge in [0.1, 0.15) is 0 Å². The van der Waals surface area contributed by atoms with Gasteiger partial charge in [-0.05, 0) is 136 Å². The third-order valence-corrected chi connectivity index (χ3v) is 13.0. The van der Waals surface area contributed by atoms with Gasteiger partial charge in [-0.1, -0.05) is 0 Å². The average molecular weight is 1340 g/mol. The van der Waals surface area contributed by atoms with E-state index in [1.807, 2.05) is 136 Å². The van der Waals surface area contributed by atoms with Gasteiger partial charge < -0.3 is 41.0 Å². The van der Waals surface area contributed by atoms with Gasteiger partial charge in [0.2, 0.25) is 23.6 Å². The van der Waals surface area contributed by atoms with Crippen molar-refractivity contribution >= 4 is 182 Å². The van der Waals surface area contributed by atoms with Crippen LogP contribution in [0.25, 0.3) is 0 Å². The molecule has 0 saturated heterocycles. The Bertz CT molecular complexity index is 1500. The van der Waals surface area contributed by atoms with Crippen molar-refractivity contribution in [1.29, 1.82) is 0 Å². The molecule has 0 heterocycles. The number of benzene rings is 2. The molecule has 4 amide bonds. The number of nitrogens with one attached hydrogen (secondary N) is 4. The third kappa shape index (κ3) is 12.7. The molecule has 0 aromatic heterocycles. The van der Waals surface area contributed by atoms with E-state index in [9.17, 15) is 39.0 Å². The van der Waals surface area contributed by atoms with E-state index in [0.717, 1.165) is 0 Å². The van der Waals surface area contributed by atoms with Crippen molar-refractivity contribution in [1.82, 2.24) is 10.6 Å². The second-order valence-corrected chi connectivity index (χ2v) is 16.1. The number of carboxylic acid groups (broad SMARTS) is 2. The summed E-state index contributed by atoms with van der Waals surface area (Å²) in [4.78, 5) is 72.2. The first-order valence-corrected chi connectivity index (χ1v) is 20.1. The molecule has 262 valence electrons. The van der Waals surface area contributed by atoms with Crippen LogP contribution in [0.2, 0.25) is 0 Å². The summed E-state index contributed by atoms with van der Waals surface area (Å²) in [6.45, 7) is 3.35. The summed E-state index contributed by atoms with van der Waals surface area (Å²) in [5.74, 6) is -3.64. The highest BCUT2D eigenvalue weighted by Gasteiger charge is 2.26. The van der Waals surface area contributed by atoms with Crippen LogP contribution in [0.1, 0.15) is 58.5 Å². The highest BCUT2D eigenvalue weighted by Crippen LogP contribution is 2.37. The summed E-state index contributed by atoms with van der Waals surface area (Å²) >= 11 is 11.7. The number of halogens is 6. The number of aromatic carboxylic acids is 2. The summed E-state index contributed by atoms with van der Waals surface area (Å²) in [5, 5.41) is 30.4. The second kappa shape index (κ2) is 21.2. The average Bonchev–Trinajstić information content (AvgIpc) is 2.98. The highest BCUT2D eigenvalue weighted by molar-refractivity contribution is 14.1. The van der Waals surface area contributed by atoms with Crippen molar-refractivity contribution < 1.29 is 48.5 Å². The van der Waals surface area contributed by atoms with Crippen LogP contribution >= 0.6 is 136 Å². The summed E-state index contributed by atoms with van der Waals surface area (Å²) in [6.07, 6.45) is -0.0287. The lowest BCUT2D eigenvalue weighted by Gasteiger charge is -2.18. The van der Waals surface area contributed by atoms with E-state index >= 15 is 0 Å². The molecule has 2 aromatic carbocycles. The van der Waals surface area contributed by atoms with Crippen LogP contribution < -0.4 is 21.3 Å². The lowest BCUT2D eigenvalue weighted by Crippen LogP contribution is -2.24. The Labute approximate surface area is 357 Å². The number of amides is 4. The van der Waals surface area contributed by atoms with Crippen LogP contribution in [-0.4, -0.2) is 72.2 Å². The van der Waals surface area contributed by atoms with E-state index in [-0.39, 0.29) is 75.3 Å². The minimum Gasteiger partial charge on any atom is -0.478 e. The maximum absolute atomic E-state index is 12.7. The second-order valence-electron chi connectivity index (χ2n) is 9.59. The van der Waals surface area contributed by atoms with Gasteiger partial charge in [-0.15, -0.1) is 0 Å². The predicted octanol–water partition coefficient (Wildman–Crippen LogP) is 5.37. The predicted molar refractivity (Wildman–Crippen MR) is 226 cm³/mol. The zero-order valence-corrected chi connectivity index (χ0v) is 38.0. The Morgan fingerprint density at radius 2 is 0.875 bits per heavy atom. The number of hydrogen-bond acceptors (Lipinski definition) is 8. The number of ether oxygens (including phenoxy) is 2. The molecule has 0 aliphatic heterocycles. The van der Waals surface area contributed by atoms with Crippen LogP contribution in [0.3, 0.4) is 0 Å². The zero-order valence-electron chi connectivity index (χ0n) is 25.1. The normalized spacial score (nSPS) is 10.8. The van der Waals surface area contributed by atoms with Crippen LogP contribution in [0.15, 0.2) is 0 Å². The van der Waals surface area contributed by atoms with E-state index < -0.39 is 23.8 Å². The van der Waals surface area contributed by atoms with Gasteiger partial charge in [0.25, 0.3) is 0 Å². The number of rotatable bonds is 17. The number of carbonyl (C=O) groups is 6. The maximum atomic E-state index is 12.7. The van der Waals surface area contributed by atoms with Crippen molar-refractivity contribution in [2.75, 3.05) is 37.1 Å². The number of carboxylic acids is 2. The Hall–Kier alpha value is -0.440. The first kappa shape index (κ1) is 43.7. The summed E-state index contributed by atoms with van der Waals surface area (Å²) in [5.41, 5.74) is 1.93.